The standard InChI is InChI=1S/C14H17FO4/c1-3-12(16)9-14(18,13(17)19-4-2)10-5-7-11(15)8-6-10/h5-8,18H,3-4,9H2,1-2H3. The van der Waals surface area contributed by atoms with Crippen molar-refractivity contribution < 1.29 is 23.8 Å². The molecule has 4 nitrogen and oxygen atoms in total. The van der Waals surface area contributed by atoms with Crippen molar-refractivity contribution in [2.75, 3.05) is 6.61 Å². The van der Waals surface area contributed by atoms with E-state index in [0.29, 0.717) is 0 Å². The third kappa shape index (κ3) is 3.61. The summed E-state index contributed by atoms with van der Waals surface area (Å²) < 4.78 is 17.7. The van der Waals surface area contributed by atoms with Gasteiger partial charge in [-0.25, -0.2) is 9.18 Å². The Bertz CT molecular complexity index is 455. The van der Waals surface area contributed by atoms with Crippen molar-refractivity contribution in [3.8, 4) is 0 Å². The summed E-state index contributed by atoms with van der Waals surface area (Å²) in [6.07, 6.45) is -0.184. The fraction of sp³-hybridized carbons (Fsp3) is 0.429. The van der Waals surface area contributed by atoms with Crippen molar-refractivity contribution in [1.82, 2.24) is 0 Å². The average molecular weight is 268 g/mol. The van der Waals surface area contributed by atoms with Gasteiger partial charge >= 0.3 is 5.97 Å². The number of ether oxygens (including phenoxy) is 1. The number of halogens is 1. The van der Waals surface area contributed by atoms with Crippen LogP contribution >= 0.6 is 0 Å². The van der Waals surface area contributed by atoms with Crippen molar-refractivity contribution >= 4 is 11.8 Å². The molecule has 0 bridgehead atoms. The van der Waals surface area contributed by atoms with Crippen molar-refractivity contribution in [3.05, 3.63) is 35.6 Å². The molecule has 0 aliphatic heterocycles. The molecule has 1 aromatic carbocycles. The van der Waals surface area contributed by atoms with Crippen molar-refractivity contribution in [3.63, 3.8) is 0 Å². The molecule has 0 spiro atoms. The van der Waals surface area contributed by atoms with Gasteiger partial charge in [0.05, 0.1) is 13.0 Å². The molecule has 1 aromatic rings. The number of carbonyl (C=O) groups is 2. The highest BCUT2D eigenvalue weighted by molar-refractivity contribution is 5.89. The minimum atomic E-state index is -2.06. The molecule has 0 saturated heterocycles. The van der Waals surface area contributed by atoms with Crippen LogP contribution in [0.2, 0.25) is 0 Å². The van der Waals surface area contributed by atoms with Gasteiger partial charge in [-0.1, -0.05) is 19.1 Å². The van der Waals surface area contributed by atoms with E-state index in [-0.39, 0.29) is 30.8 Å². The minimum absolute atomic E-state index is 0.0860. The van der Waals surface area contributed by atoms with Crippen LogP contribution in [0.3, 0.4) is 0 Å². The fourth-order valence-electron chi connectivity index (χ4n) is 1.68. The average Bonchev–Trinajstić information content (AvgIpc) is 2.39. The number of aliphatic hydroxyl groups is 1. The first kappa shape index (κ1) is 15.3. The lowest BCUT2D eigenvalue weighted by Crippen LogP contribution is -2.39. The lowest BCUT2D eigenvalue weighted by atomic mass is 9.88. The third-order valence-corrected chi connectivity index (χ3v) is 2.78. The predicted molar refractivity (Wildman–Crippen MR) is 66.8 cm³/mol. The maximum Gasteiger partial charge on any atom is 0.343 e. The summed E-state index contributed by atoms with van der Waals surface area (Å²) in [5.41, 5.74) is -1.91. The van der Waals surface area contributed by atoms with Crippen molar-refractivity contribution in [2.45, 2.75) is 32.3 Å². The molecule has 1 atom stereocenters. The molecule has 0 amide bonds. The van der Waals surface area contributed by atoms with E-state index in [1.54, 1.807) is 13.8 Å². The van der Waals surface area contributed by atoms with E-state index in [1.165, 1.54) is 12.1 Å². The van der Waals surface area contributed by atoms with Crippen LogP contribution in [0, 0.1) is 5.82 Å². The normalized spacial score (nSPS) is 13.7. The monoisotopic (exact) mass is 268 g/mol. The van der Waals surface area contributed by atoms with Gasteiger partial charge in [-0.05, 0) is 24.6 Å². The van der Waals surface area contributed by atoms with Crippen LogP contribution in [0.4, 0.5) is 4.39 Å². The van der Waals surface area contributed by atoms with Crippen LogP contribution in [0.5, 0.6) is 0 Å². The second kappa shape index (κ2) is 6.43. The Balaban J connectivity index is 3.13. The smallest absolute Gasteiger partial charge is 0.343 e. The Morgan fingerprint density at radius 3 is 2.32 bits per heavy atom. The summed E-state index contributed by atoms with van der Waals surface area (Å²) in [5.74, 6) is -1.67. The lowest BCUT2D eigenvalue weighted by molar-refractivity contribution is -0.168. The minimum Gasteiger partial charge on any atom is -0.464 e. The summed E-state index contributed by atoms with van der Waals surface area (Å²) in [7, 11) is 0. The van der Waals surface area contributed by atoms with Gasteiger partial charge in [-0.3, -0.25) is 4.79 Å². The van der Waals surface area contributed by atoms with Crippen LogP contribution in [-0.2, 0) is 19.9 Å². The number of hydrogen-bond donors (Lipinski definition) is 1. The molecule has 0 fully saturated rings. The zero-order chi connectivity index (χ0) is 14.5. The van der Waals surface area contributed by atoms with Crippen LogP contribution in [0.15, 0.2) is 24.3 Å². The van der Waals surface area contributed by atoms with Crippen molar-refractivity contribution in [2.24, 2.45) is 0 Å². The Hall–Kier alpha value is -1.75. The Morgan fingerprint density at radius 1 is 1.26 bits per heavy atom. The molecule has 0 saturated carbocycles. The molecular formula is C14H17FO4. The summed E-state index contributed by atoms with van der Waals surface area (Å²) in [5, 5.41) is 10.5. The van der Waals surface area contributed by atoms with Gasteiger partial charge in [-0.2, -0.15) is 0 Å². The van der Waals surface area contributed by atoms with Gasteiger partial charge in [-0.15, -0.1) is 0 Å². The molecule has 19 heavy (non-hydrogen) atoms. The number of benzene rings is 1. The second-order valence-corrected chi connectivity index (χ2v) is 4.16. The second-order valence-electron chi connectivity index (χ2n) is 4.16. The SMILES string of the molecule is CCOC(=O)C(O)(CC(=O)CC)c1ccc(F)cc1. The van der Waals surface area contributed by atoms with Gasteiger partial charge in [0.2, 0.25) is 0 Å². The van der Waals surface area contributed by atoms with Crippen LogP contribution in [0.25, 0.3) is 0 Å². The molecule has 1 N–H and O–H groups in total. The first-order chi connectivity index (χ1) is 8.93. The summed E-state index contributed by atoms with van der Waals surface area (Å²) in [6.45, 7) is 3.33. The summed E-state index contributed by atoms with van der Waals surface area (Å²) >= 11 is 0. The van der Waals surface area contributed by atoms with E-state index in [9.17, 15) is 19.1 Å². The van der Waals surface area contributed by atoms with E-state index in [1.807, 2.05) is 0 Å². The topological polar surface area (TPSA) is 63.6 Å². The highest BCUT2D eigenvalue weighted by atomic mass is 19.1. The Morgan fingerprint density at radius 2 is 1.84 bits per heavy atom. The van der Waals surface area contributed by atoms with E-state index >= 15 is 0 Å². The maximum absolute atomic E-state index is 12.9. The lowest BCUT2D eigenvalue weighted by Gasteiger charge is -2.25. The number of ketones is 1. The first-order valence-electron chi connectivity index (χ1n) is 6.11. The largest absolute Gasteiger partial charge is 0.464 e. The highest BCUT2D eigenvalue weighted by Crippen LogP contribution is 2.28. The molecule has 1 rings (SSSR count). The number of Topliss-reactive ketones (excluding diaryl/α,β-unsaturated/α-hetero) is 1. The van der Waals surface area contributed by atoms with Gasteiger partial charge in [0.1, 0.15) is 11.6 Å². The van der Waals surface area contributed by atoms with Gasteiger partial charge in [0.25, 0.3) is 0 Å². The Kier molecular flexibility index (Phi) is 5.18. The molecular weight excluding hydrogens is 251 g/mol. The fourth-order valence-corrected chi connectivity index (χ4v) is 1.68. The van der Waals surface area contributed by atoms with Gasteiger partial charge in [0.15, 0.2) is 5.60 Å². The molecule has 0 heterocycles. The summed E-state index contributed by atoms with van der Waals surface area (Å²) in [4.78, 5) is 23.4. The number of hydrogen-bond acceptors (Lipinski definition) is 4. The number of carbonyl (C=O) groups excluding carboxylic acids is 2. The first-order valence-corrected chi connectivity index (χ1v) is 6.11. The van der Waals surface area contributed by atoms with Gasteiger partial charge < -0.3 is 9.84 Å². The molecule has 0 aliphatic rings. The highest BCUT2D eigenvalue weighted by Gasteiger charge is 2.41. The zero-order valence-corrected chi connectivity index (χ0v) is 11.0. The van der Waals surface area contributed by atoms with E-state index in [0.717, 1.165) is 12.1 Å². The molecule has 0 radical (unpaired) electrons. The maximum atomic E-state index is 12.9. The third-order valence-electron chi connectivity index (χ3n) is 2.78. The quantitative estimate of drug-likeness (QED) is 0.801. The number of esters is 1. The van der Waals surface area contributed by atoms with Crippen LogP contribution in [0.1, 0.15) is 32.3 Å². The zero-order valence-electron chi connectivity index (χ0n) is 11.0. The van der Waals surface area contributed by atoms with Crippen LogP contribution < -0.4 is 0 Å². The predicted octanol–water partition coefficient (Wildman–Crippen LogP) is 1.95. The van der Waals surface area contributed by atoms with E-state index in [4.69, 9.17) is 4.74 Å². The summed E-state index contributed by atoms with van der Waals surface area (Å²) in [6, 6.07) is 4.79. The molecule has 0 aliphatic carbocycles. The van der Waals surface area contributed by atoms with Crippen molar-refractivity contribution in [1.29, 1.82) is 0 Å². The van der Waals surface area contributed by atoms with E-state index < -0.39 is 17.4 Å². The van der Waals surface area contributed by atoms with Crippen LogP contribution in [-0.4, -0.2) is 23.5 Å². The number of rotatable bonds is 6. The van der Waals surface area contributed by atoms with Gasteiger partial charge in [0, 0.05) is 6.42 Å². The molecule has 5 heteroatoms. The molecule has 0 aromatic heterocycles. The molecule has 104 valence electrons. The molecule has 1 unspecified atom stereocenters. The van der Waals surface area contributed by atoms with E-state index in [2.05, 4.69) is 0 Å². The Labute approximate surface area is 111 Å².